The molecular weight excluding hydrogens is 428 g/mol. The van der Waals surface area contributed by atoms with E-state index in [-0.39, 0.29) is 30.7 Å². The second kappa shape index (κ2) is 12.0. The van der Waals surface area contributed by atoms with Crippen LogP contribution >= 0.6 is 0 Å². The van der Waals surface area contributed by atoms with Crippen molar-refractivity contribution in [3.8, 4) is 0 Å². The van der Waals surface area contributed by atoms with Crippen LogP contribution in [0.4, 0.5) is 5.82 Å². The second-order valence-electron chi connectivity index (χ2n) is 9.56. The molecule has 0 saturated carbocycles. The number of aromatic nitrogens is 1. The Morgan fingerprint density at radius 1 is 1.15 bits per heavy atom. The number of pyridine rings is 1. The molecule has 34 heavy (non-hydrogen) atoms. The summed E-state index contributed by atoms with van der Waals surface area (Å²) in [6.45, 7) is 3.90. The van der Waals surface area contributed by atoms with Crippen molar-refractivity contribution < 1.29 is 14.7 Å². The minimum absolute atomic E-state index is 0.0383. The van der Waals surface area contributed by atoms with E-state index in [1.165, 1.54) is 12.0 Å². The van der Waals surface area contributed by atoms with Crippen LogP contribution in [0.2, 0.25) is 0 Å². The molecule has 2 aliphatic heterocycles. The lowest BCUT2D eigenvalue weighted by Crippen LogP contribution is -2.38. The highest BCUT2D eigenvalue weighted by atomic mass is 16.4. The van der Waals surface area contributed by atoms with E-state index in [9.17, 15) is 14.7 Å². The summed E-state index contributed by atoms with van der Waals surface area (Å²) in [5, 5.41) is 15.8. The molecule has 7 heteroatoms. The fourth-order valence-corrected chi connectivity index (χ4v) is 5.06. The van der Waals surface area contributed by atoms with Gasteiger partial charge in [0.1, 0.15) is 5.82 Å². The lowest BCUT2D eigenvalue weighted by atomic mass is 9.92. The van der Waals surface area contributed by atoms with E-state index in [0.717, 1.165) is 75.4 Å². The highest BCUT2D eigenvalue weighted by Crippen LogP contribution is 2.24. The van der Waals surface area contributed by atoms with Crippen LogP contribution < -0.4 is 10.6 Å². The number of rotatable bonds is 11. The standard InChI is InChI=1S/C27H36N4O3/c32-25(17-22(18-26(33)34)20-7-2-1-3-8-20)29-24-13-16-31(19-24)15-5-4-10-23-12-11-21-9-6-14-28-27(21)30-23/h1-3,7-8,11-12,22,24H,4-6,9-10,13-19H2,(H,28,30)(H,29,32)(H,33,34)/t22-,24-/m1/s1. The average Bonchev–Trinajstić information content (AvgIpc) is 3.28. The summed E-state index contributed by atoms with van der Waals surface area (Å²) in [4.78, 5) is 31.1. The molecule has 2 aliphatic rings. The fourth-order valence-electron chi connectivity index (χ4n) is 5.06. The van der Waals surface area contributed by atoms with E-state index in [4.69, 9.17) is 4.98 Å². The number of aliphatic carboxylic acids is 1. The van der Waals surface area contributed by atoms with Gasteiger partial charge in [-0.25, -0.2) is 4.98 Å². The van der Waals surface area contributed by atoms with Crippen LogP contribution in [0.5, 0.6) is 0 Å². The smallest absolute Gasteiger partial charge is 0.303 e. The fraction of sp³-hybridized carbons (Fsp3) is 0.519. The molecule has 3 heterocycles. The topological polar surface area (TPSA) is 94.6 Å². The first-order chi connectivity index (χ1) is 16.6. The summed E-state index contributed by atoms with van der Waals surface area (Å²) in [5.41, 5.74) is 3.39. The summed E-state index contributed by atoms with van der Waals surface area (Å²) in [7, 11) is 0. The Morgan fingerprint density at radius 2 is 2.00 bits per heavy atom. The molecule has 1 amide bonds. The molecule has 0 radical (unpaired) electrons. The Balaban J connectivity index is 1.16. The number of nitrogens with zero attached hydrogens (tertiary/aromatic N) is 2. The molecule has 3 N–H and O–H groups in total. The number of carbonyl (C=O) groups excluding carboxylic acids is 1. The molecule has 1 fully saturated rings. The van der Waals surface area contributed by atoms with Crippen LogP contribution in [-0.2, 0) is 22.4 Å². The van der Waals surface area contributed by atoms with Crippen molar-refractivity contribution in [3.05, 3.63) is 59.3 Å². The molecule has 2 aromatic rings. The third-order valence-electron chi connectivity index (χ3n) is 6.87. The van der Waals surface area contributed by atoms with Crippen molar-refractivity contribution in [2.45, 2.75) is 63.3 Å². The number of amides is 1. The predicted molar refractivity (Wildman–Crippen MR) is 133 cm³/mol. The Labute approximate surface area is 202 Å². The van der Waals surface area contributed by atoms with Gasteiger partial charge in [0.15, 0.2) is 0 Å². The van der Waals surface area contributed by atoms with Gasteiger partial charge in [0, 0.05) is 43.7 Å². The molecule has 0 unspecified atom stereocenters. The Hall–Kier alpha value is -2.93. The third-order valence-corrected chi connectivity index (χ3v) is 6.87. The maximum atomic E-state index is 12.7. The zero-order chi connectivity index (χ0) is 23.8. The van der Waals surface area contributed by atoms with E-state index in [1.807, 2.05) is 30.3 Å². The van der Waals surface area contributed by atoms with Crippen LogP contribution in [0.1, 0.15) is 61.3 Å². The molecule has 1 aromatic carbocycles. The Morgan fingerprint density at radius 3 is 2.82 bits per heavy atom. The largest absolute Gasteiger partial charge is 0.481 e. The number of fused-ring (bicyclic) bond motifs is 1. The van der Waals surface area contributed by atoms with Gasteiger partial charge in [-0.15, -0.1) is 0 Å². The first-order valence-corrected chi connectivity index (χ1v) is 12.6. The molecule has 1 saturated heterocycles. The molecule has 0 aliphatic carbocycles. The van der Waals surface area contributed by atoms with E-state index in [1.54, 1.807) is 0 Å². The molecule has 4 rings (SSSR count). The SMILES string of the molecule is O=C(O)C[C@@H](CC(=O)N[C@@H]1CCN(CCCCc2ccc3c(n2)NCCC3)C1)c1ccccc1. The van der Waals surface area contributed by atoms with Gasteiger partial charge in [0.05, 0.1) is 6.42 Å². The number of likely N-dealkylation sites (tertiary alicyclic amines) is 1. The van der Waals surface area contributed by atoms with Gasteiger partial charge in [0.2, 0.25) is 5.91 Å². The quantitative estimate of drug-likeness (QED) is 0.440. The molecule has 182 valence electrons. The number of aryl methyl sites for hydroxylation is 2. The maximum absolute atomic E-state index is 12.7. The summed E-state index contributed by atoms with van der Waals surface area (Å²) in [6, 6.07) is 14.0. The maximum Gasteiger partial charge on any atom is 0.303 e. The van der Waals surface area contributed by atoms with Crippen LogP contribution in [0, 0.1) is 0 Å². The van der Waals surface area contributed by atoms with Gasteiger partial charge >= 0.3 is 5.97 Å². The minimum atomic E-state index is -0.879. The summed E-state index contributed by atoms with van der Waals surface area (Å²) in [6.07, 6.45) is 6.62. The van der Waals surface area contributed by atoms with Crippen LogP contribution in [0.25, 0.3) is 0 Å². The van der Waals surface area contributed by atoms with Crippen molar-refractivity contribution in [2.75, 3.05) is 31.5 Å². The number of unbranched alkanes of at least 4 members (excludes halogenated alkanes) is 1. The van der Waals surface area contributed by atoms with Crippen LogP contribution in [-0.4, -0.2) is 59.1 Å². The second-order valence-corrected chi connectivity index (χ2v) is 9.56. The molecule has 0 bridgehead atoms. The number of benzene rings is 1. The van der Waals surface area contributed by atoms with Gasteiger partial charge in [-0.05, 0) is 62.3 Å². The number of nitrogens with one attached hydrogen (secondary N) is 2. The predicted octanol–water partition coefficient (Wildman–Crippen LogP) is 3.60. The molecular formula is C27H36N4O3. The number of carbonyl (C=O) groups is 2. The van der Waals surface area contributed by atoms with Crippen molar-refractivity contribution in [1.82, 2.24) is 15.2 Å². The first kappa shape index (κ1) is 24.2. The molecule has 0 spiro atoms. The van der Waals surface area contributed by atoms with Crippen LogP contribution in [0.15, 0.2) is 42.5 Å². The minimum Gasteiger partial charge on any atom is -0.481 e. The van der Waals surface area contributed by atoms with Gasteiger partial charge in [0.25, 0.3) is 0 Å². The highest BCUT2D eigenvalue weighted by molar-refractivity contribution is 5.78. The Bertz CT molecular complexity index is 966. The van der Waals surface area contributed by atoms with Gasteiger partial charge in [-0.2, -0.15) is 0 Å². The molecule has 7 nitrogen and oxygen atoms in total. The number of carboxylic acids is 1. The van der Waals surface area contributed by atoms with Gasteiger partial charge < -0.3 is 20.6 Å². The van der Waals surface area contributed by atoms with E-state index in [0.29, 0.717) is 0 Å². The van der Waals surface area contributed by atoms with Crippen molar-refractivity contribution in [3.63, 3.8) is 0 Å². The highest BCUT2D eigenvalue weighted by Gasteiger charge is 2.25. The normalized spacial score (nSPS) is 18.6. The number of carboxylic acid groups (broad SMARTS) is 1. The lowest BCUT2D eigenvalue weighted by Gasteiger charge is -2.19. The van der Waals surface area contributed by atoms with Gasteiger partial charge in [-0.3, -0.25) is 9.59 Å². The first-order valence-electron chi connectivity index (χ1n) is 12.6. The van der Waals surface area contributed by atoms with Crippen LogP contribution in [0.3, 0.4) is 0 Å². The monoisotopic (exact) mass is 464 g/mol. The van der Waals surface area contributed by atoms with Gasteiger partial charge in [-0.1, -0.05) is 36.4 Å². The lowest BCUT2D eigenvalue weighted by molar-refractivity contribution is -0.137. The Kier molecular flexibility index (Phi) is 8.52. The van der Waals surface area contributed by atoms with Crippen molar-refractivity contribution in [2.24, 2.45) is 0 Å². The third kappa shape index (κ3) is 7.03. The molecule has 2 atom stereocenters. The number of anilines is 1. The summed E-state index contributed by atoms with van der Waals surface area (Å²) < 4.78 is 0. The summed E-state index contributed by atoms with van der Waals surface area (Å²) >= 11 is 0. The van der Waals surface area contributed by atoms with Crippen molar-refractivity contribution in [1.29, 1.82) is 0 Å². The molecule has 1 aromatic heterocycles. The van der Waals surface area contributed by atoms with E-state index >= 15 is 0 Å². The summed E-state index contributed by atoms with van der Waals surface area (Å²) in [5.74, 6) is -0.173. The zero-order valence-corrected chi connectivity index (χ0v) is 19.8. The van der Waals surface area contributed by atoms with E-state index < -0.39 is 5.97 Å². The van der Waals surface area contributed by atoms with E-state index in [2.05, 4.69) is 27.7 Å². The van der Waals surface area contributed by atoms with Crippen molar-refractivity contribution >= 4 is 17.7 Å². The number of hydrogen-bond donors (Lipinski definition) is 3. The number of hydrogen-bond acceptors (Lipinski definition) is 5. The average molecular weight is 465 g/mol. The zero-order valence-electron chi connectivity index (χ0n) is 19.8.